The van der Waals surface area contributed by atoms with E-state index in [-0.39, 0.29) is 0 Å². The average molecular weight is 341 g/mol. The summed E-state index contributed by atoms with van der Waals surface area (Å²) >= 11 is 1.91. The molecular formula is C18H23N5S. The molecule has 1 saturated carbocycles. The minimum Gasteiger partial charge on any atom is -0.381 e. The van der Waals surface area contributed by atoms with Gasteiger partial charge in [0.1, 0.15) is 11.7 Å². The predicted octanol–water partition coefficient (Wildman–Crippen LogP) is 3.78. The highest BCUT2D eigenvalue weighted by Crippen LogP contribution is 2.35. The summed E-state index contributed by atoms with van der Waals surface area (Å²) in [6.45, 7) is 4.82. The van der Waals surface area contributed by atoms with E-state index in [1.165, 1.54) is 0 Å². The Labute approximate surface area is 147 Å². The minimum atomic E-state index is 0.446. The number of pyridine rings is 1. The number of hydrogen-bond donors (Lipinski definition) is 2. The zero-order valence-electron chi connectivity index (χ0n) is 14.0. The molecule has 2 N–H and O–H groups in total. The number of aromatic nitrogens is 2. The lowest BCUT2D eigenvalue weighted by Gasteiger charge is -2.37. The highest BCUT2D eigenvalue weighted by atomic mass is 32.2. The van der Waals surface area contributed by atoms with Crippen molar-refractivity contribution in [2.24, 2.45) is 5.92 Å². The number of nitrogens with zero attached hydrogens (tertiary/aromatic N) is 3. The quantitative estimate of drug-likeness (QED) is 0.565. The monoisotopic (exact) mass is 341 g/mol. The summed E-state index contributed by atoms with van der Waals surface area (Å²) in [5, 5.41) is 13.9. The van der Waals surface area contributed by atoms with Gasteiger partial charge in [0, 0.05) is 36.1 Å². The van der Waals surface area contributed by atoms with Gasteiger partial charge in [-0.2, -0.15) is 5.26 Å². The molecule has 6 heteroatoms. The lowest BCUT2D eigenvalue weighted by Crippen LogP contribution is -2.37. The molecule has 0 spiro atoms. The molecule has 0 atom stereocenters. The Morgan fingerprint density at radius 3 is 3.17 bits per heavy atom. The summed E-state index contributed by atoms with van der Waals surface area (Å²) in [4.78, 5) is 7.38. The first-order valence-corrected chi connectivity index (χ1v) is 9.23. The molecule has 0 aliphatic heterocycles. The largest absolute Gasteiger partial charge is 0.381 e. The third-order valence-electron chi connectivity index (χ3n) is 4.47. The van der Waals surface area contributed by atoms with Crippen LogP contribution in [0.4, 0.5) is 5.69 Å². The van der Waals surface area contributed by atoms with Gasteiger partial charge < -0.3 is 10.3 Å². The Morgan fingerprint density at radius 2 is 2.42 bits per heavy atom. The third kappa shape index (κ3) is 3.74. The summed E-state index contributed by atoms with van der Waals surface area (Å²) in [5.41, 5.74) is 2.36. The standard InChI is InChI=1S/C18H23N5S/c1-3-4-7-23(2)24-12-13-8-15(9-13)22-17-14(10-19)11-21-18-16(17)5-6-20-18/h3,5-6,11,13,15H,1,4,7-9,12H2,2H3,(H2,20,21,22)/t13-,15+. The smallest absolute Gasteiger partial charge is 0.139 e. The van der Waals surface area contributed by atoms with Crippen molar-refractivity contribution in [3.63, 3.8) is 0 Å². The lowest BCUT2D eigenvalue weighted by molar-refractivity contribution is 0.313. The fourth-order valence-electron chi connectivity index (χ4n) is 3.01. The van der Waals surface area contributed by atoms with E-state index in [0.29, 0.717) is 11.6 Å². The first kappa shape index (κ1) is 16.9. The van der Waals surface area contributed by atoms with Crippen LogP contribution in [-0.2, 0) is 0 Å². The van der Waals surface area contributed by atoms with Gasteiger partial charge in [0.25, 0.3) is 0 Å². The summed E-state index contributed by atoms with van der Waals surface area (Å²) in [6, 6.07) is 4.67. The average Bonchev–Trinajstić information content (AvgIpc) is 3.03. The molecular weight excluding hydrogens is 318 g/mol. The fraction of sp³-hybridized carbons (Fsp3) is 0.444. The van der Waals surface area contributed by atoms with Crippen LogP contribution in [0.5, 0.6) is 0 Å². The Hall–Kier alpha value is -1.97. The van der Waals surface area contributed by atoms with Crippen LogP contribution in [0, 0.1) is 17.2 Å². The molecule has 2 heterocycles. The second-order valence-corrected chi connectivity index (χ2v) is 7.52. The molecule has 126 valence electrons. The van der Waals surface area contributed by atoms with E-state index < -0.39 is 0 Å². The first-order chi connectivity index (χ1) is 11.7. The summed E-state index contributed by atoms with van der Waals surface area (Å²) in [5.74, 6) is 1.90. The molecule has 1 fully saturated rings. The summed E-state index contributed by atoms with van der Waals surface area (Å²) in [7, 11) is 2.14. The SMILES string of the molecule is C=CCCN(C)SC[C@H]1C[C@@H](Nc2c(C#N)cnc3[nH]ccc23)C1. The predicted molar refractivity (Wildman–Crippen MR) is 101 cm³/mol. The van der Waals surface area contributed by atoms with E-state index in [4.69, 9.17) is 0 Å². The molecule has 0 amide bonds. The van der Waals surface area contributed by atoms with Gasteiger partial charge in [0.2, 0.25) is 0 Å². The fourth-order valence-corrected chi connectivity index (χ4v) is 3.98. The second kappa shape index (κ2) is 7.73. The van der Waals surface area contributed by atoms with Crippen molar-refractivity contribution in [1.29, 1.82) is 5.26 Å². The molecule has 0 bridgehead atoms. The maximum atomic E-state index is 9.33. The lowest BCUT2D eigenvalue weighted by atomic mass is 9.81. The molecule has 3 rings (SSSR count). The van der Waals surface area contributed by atoms with Gasteiger partial charge in [-0.1, -0.05) is 18.0 Å². The molecule has 0 saturated heterocycles. The molecule has 0 radical (unpaired) electrons. The van der Waals surface area contributed by atoms with Gasteiger partial charge in [-0.3, -0.25) is 4.31 Å². The van der Waals surface area contributed by atoms with E-state index in [1.54, 1.807) is 6.20 Å². The second-order valence-electron chi connectivity index (χ2n) is 6.30. The Morgan fingerprint density at radius 1 is 1.58 bits per heavy atom. The molecule has 0 unspecified atom stereocenters. The third-order valence-corrected chi connectivity index (χ3v) is 5.71. The molecule has 2 aromatic rings. The van der Waals surface area contributed by atoms with Gasteiger partial charge >= 0.3 is 0 Å². The number of aromatic amines is 1. The van der Waals surface area contributed by atoms with Crippen LogP contribution >= 0.6 is 11.9 Å². The van der Waals surface area contributed by atoms with Gasteiger partial charge in [0.05, 0.1) is 11.3 Å². The highest BCUT2D eigenvalue weighted by Gasteiger charge is 2.30. The Balaban J connectivity index is 1.52. The van der Waals surface area contributed by atoms with Gasteiger partial charge in [-0.05, 0) is 38.3 Å². The molecule has 2 aromatic heterocycles. The summed E-state index contributed by atoms with van der Waals surface area (Å²) in [6.07, 6.45) is 8.81. The van der Waals surface area contributed by atoms with Crippen molar-refractivity contribution in [3.05, 3.63) is 36.7 Å². The van der Waals surface area contributed by atoms with Crippen LogP contribution in [0.25, 0.3) is 11.0 Å². The van der Waals surface area contributed by atoms with Crippen LogP contribution in [-0.4, -0.2) is 39.7 Å². The van der Waals surface area contributed by atoms with Crippen molar-refractivity contribution >= 4 is 28.7 Å². The topological polar surface area (TPSA) is 67.7 Å². The zero-order chi connectivity index (χ0) is 16.9. The zero-order valence-corrected chi connectivity index (χ0v) is 14.8. The Bertz CT molecular complexity index is 741. The number of nitriles is 1. The van der Waals surface area contributed by atoms with E-state index in [0.717, 1.165) is 54.2 Å². The molecule has 1 aliphatic rings. The first-order valence-electron chi connectivity index (χ1n) is 8.29. The molecule has 0 aromatic carbocycles. The van der Waals surface area contributed by atoms with Crippen molar-refractivity contribution in [2.75, 3.05) is 24.7 Å². The Kier molecular flexibility index (Phi) is 5.44. The molecule has 5 nitrogen and oxygen atoms in total. The van der Waals surface area contributed by atoms with Crippen LogP contribution in [0.1, 0.15) is 24.8 Å². The van der Waals surface area contributed by atoms with Crippen molar-refractivity contribution < 1.29 is 0 Å². The summed E-state index contributed by atoms with van der Waals surface area (Å²) < 4.78 is 2.29. The number of anilines is 1. The van der Waals surface area contributed by atoms with Crippen molar-refractivity contribution in [2.45, 2.75) is 25.3 Å². The van der Waals surface area contributed by atoms with E-state index in [9.17, 15) is 5.26 Å². The highest BCUT2D eigenvalue weighted by molar-refractivity contribution is 7.97. The van der Waals surface area contributed by atoms with E-state index in [1.807, 2.05) is 30.3 Å². The van der Waals surface area contributed by atoms with Crippen LogP contribution in [0.3, 0.4) is 0 Å². The van der Waals surface area contributed by atoms with Crippen LogP contribution in [0.15, 0.2) is 31.1 Å². The maximum absolute atomic E-state index is 9.33. The number of nitrogens with one attached hydrogen (secondary N) is 2. The molecule has 1 aliphatic carbocycles. The van der Waals surface area contributed by atoms with E-state index in [2.05, 4.69) is 39.3 Å². The number of H-pyrrole nitrogens is 1. The minimum absolute atomic E-state index is 0.446. The van der Waals surface area contributed by atoms with E-state index >= 15 is 0 Å². The van der Waals surface area contributed by atoms with Crippen LogP contribution < -0.4 is 5.32 Å². The number of hydrogen-bond acceptors (Lipinski definition) is 5. The van der Waals surface area contributed by atoms with Gasteiger partial charge in [0.15, 0.2) is 0 Å². The van der Waals surface area contributed by atoms with Gasteiger partial charge in [-0.15, -0.1) is 6.58 Å². The van der Waals surface area contributed by atoms with Crippen molar-refractivity contribution in [1.82, 2.24) is 14.3 Å². The number of fused-ring (bicyclic) bond motifs is 1. The van der Waals surface area contributed by atoms with Crippen LogP contribution in [0.2, 0.25) is 0 Å². The normalized spacial score (nSPS) is 19.9. The number of rotatable bonds is 8. The van der Waals surface area contributed by atoms with Crippen molar-refractivity contribution in [3.8, 4) is 6.07 Å². The molecule has 24 heavy (non-hydrogen) atoms. The maximum Gasteiger partial charge on any atom is 0.139 e. The van der Waals surface area contributed by atoms with Gasteiger partial charge in [-0.25, -0.2) is 4.98 Å².